The Bertz CT molecular complexity index is 228. The van der Waals surface area contributed by atoms with Gasteiger partial charge in [0.05, 0.1) is 0 Å². The topological polar surface area (TPSA) is 105 Å². The summed E-state index contributed by atoms with van der Waals surface area (Å²) in [7, 11) is 0. The van der Waals surface area contributed by atoms with Gasteiger partial charge in [0.1, 0.15) is 13.2 Å². The normalized spacial score (nSPS) is 9.21. The van der Waals surface area contributed by atoms with Gasteiger partial charge in [0.2, 0.25) is 0 Å². The first-order chi connectivity index (χ1) is 6.56. The van der Waals surface area contributed by atoms with Crippen molar-refractivity contribution in [2.45, 2.75) is 6.92 Å². The molecule has 0 radical (unpaired) electrons. The average molecular weight is 204 g/mol. The fourth-order valence-corrected chi connectivity index (χ4v) is 0.599. The maximum Gasteiger partial charge on any atom is 0.329 e. The Hall–Kier alpha value is -1.63. The molecule has 0 heterocycles. The molecule has 0 aliphatic heterocycles. The molecule has 0 fully saturated rings. The Morgan fingerprint density at radius 1 is 1.29 bits per heavy atom. The summed E-state index contributed by atoms with van der Waals surface area (Å²) in [6, 6.07) is -0.628. The number of imide groups is 1. The molecule has 0 atom stereocenters. The molecule has 0 saturated heterocycles. The number of nitrogens with one attached hydrogen (secondary N) is 2. The molecular formula is C7H12N2O5. The van der Waals surface area contributed by atoms with Gasteiger partial charge in [-0.05, 0) is 6.92 Å². The van der Waals surface area contributed by atoms with Gasteiger partial charge in [-0.2, -0.15) is 0 Å². The van der Waals surface area contributed by atoms with Crippen molar-refractivity contribution in [1.82, 2.24) is 10.6 Å². The van der Waals surface area contributed by atoms with Crippen molar-refractivity contribution in [3.05, 3.63) is 0 Å². The molecule has 0 bridgehead atoms. The van der Waals surface area contributed by atoms with Crippen LogP contribution in [0.15, 0.2) is 0 Å². The third-order valence-electron chi connectivity index (χ3n) is 1.05. The third kappa shape index (κ3) is 7.04. The van der Waals surface area contributed by atoms with Gasteiger partial charge in [0, 0.05) is 6.54 Å². The second-order valence-corrected chi connectivity index (χ2v) is 2.29. The van der Waals surface area contributed by atoms with Crippen molar-refractivity contribution < 1.29 is 24.2 Å². The molecule has 0 aromatic carbocycles. The van der Waals surface area contributed by atoms with E-state index >= 15 is 0 Å². The van der Waals surface area contributed by atoms with Gasteiger partial charge in [0.25, 0.3) is 5.91 Å². The van der Waals surface area contributed by atoms with Crippen molar-refractivity contribution in [2.24, 2.45) is 0 Å². The van der Waals surface area contributed by atoms with Gasteiger partial charge in [-0.3, -0.25) is 10.1 Å². The van der Waals surface area contributed by atoms with Crippen LogP contribution in [-0.2, 0) is 14.3 Å². The van der Waals surface area contributed by atoms with E-state index in [-0.39, 0.29) is 0 Å². The maximum absolute atomic E-state index is 10.8. The van der Waals surface area contributed by atoms with E-state index in [1.54, 1.807) is 6.92 Å². The molecule has 0 saturated carbocycles. The van der Waals surface area contributed by atoms with Gasteiger partial charge in [-0.1, -0.05) is 0 Å². The molecule has 3 amide bonds. The van der Waals surface area contributed by atoms with E-state index in [4.69, 9.17) is 5.11 Å². The largest absolute Gasteiger partial charge is 0.480 e. The number of ether oxygens (including phenoxy) is 1. The van der Waals surface area contributed by atoms with Crippen LogP contribution >= 0.6 is 0 Å². The zero-order chi connectivity index (χ0) is 11.0. The van der Waals surface area contributed by atoms with Crippen molar-refractivity contribution in [1.29, 1.82) is 0 Å². The van der Waals surface area contributed by atoms with Crippen molar-refractivity contribution in [3.8, 4) is 0 Å². The number of hydrogen-bond donors (Lipinski definition) is 3. The van der Waals surface area contributed by atoms with Gasteiger partial charge < -0.3 is 15.2 Å². The second-order valence-electron chi connectivity index (χ2n) is 2.29. The Labute approximate surface area is 80.4 Å². The zero-order valence-corrected chi connectivity index (χ0v) is 7.70. The molecule has 3 N–H and O–H groups in total. The summed E-state index contributed by atoms with van der Waals surface area (Å²) in [5.41, 5.74) is 0. The lowest BCUT2D eigenvalue weighted by molar-refractivity contribution is -0.143. The van der Waals surface area contributed by atoms with Crippen LogP contribution < -0.4 is 10.6 Å². The molecule has 0 spiro atoms. The van der Waals surface area contributed by atoms with Crippen LogP contribution in [0.2, 0.25) is 0 Å². The maximum atomic E-state index is 10.8. The predicted octanol–water partition coefficient (Wildman–Crippen LogP) is -1.07. The van der Waals surface area contributed by atoms with Gasteiger partial charge in [-0.25, -0.2) is 9.59 Å². The SMILES string of the molecule is CCNC(=O)NC(=O)COCC(=O)O. The first-order valence-electron chi connectivity index (χ1n) is 3.93. The first kappa shape index (κ1) is 12.4. The minimum Gasteiger partial charge on any atom is -0.480 e. The summed E-state index contributed by atoms with van der Waals surface area (Å²) in [4.78, 5) is 31.5. The number of carboxylic acids is 1. The van der Waals surface area contributed by atoms with Crippen molar-refractivity contribution in [3.63, 3.8) is 0 Å². The van der Waals surface area contributed by atoms with Crippen LogP contribution in [0.5, 0.6) is 0 Å². The molecule has 80 valence electrons. The quantitative estimate of drug-likeness (QED) is 0.529. The van der Waals surface area contributed by atoms with Crippen LogP contribution in [0, 0.1) is 0 Å². The van der Waals surface area contributed by atoms with Crippen LogP contribution in [-0.4, -0.2) is 42.8 Å². The fourth-order valence-electron chi connectivity index (χ4n) is 0.599. The molecule has 0 aromatic heterocycles. The van der Waals surface area contributed by atoms with E-state index in [0.717, 1.165) is 0 Å². The smallest absolute Gasteiger partial charge is 0.329 e. The van der Waals surface area contributed by atoms with E-state index in [1.807, 2.05) is 5.32 Å². The van der Waals surface area contributed by atoms with Crippen LogP contribution in [0.4, 0.5) is 4.79 Å². The summed E-state index contributed by atoms with van der Waals surface area (Å²) in [5.74, 6) is -1.85. The fraction of sp³-hybridized carbons (Fsp3) is 0.571. The lowest BCUT2D eigenvalue weighted by Gasteiger charge is -2.03. The highest BCUT2D eigenvalue weighted by molar-refractivity contribution is 5.94. The summed E-state index contributed by atoms with van der Waals surface area (Å²) >= 11 is 0. The molecule has 0 aliphatic rings. The highest BCUT2D eigenvalue weighted by Gasteiger charge is 2.07. The number of hydrogen-bond acceptors (Lipinski definition) is 4. The van der Waals surface area contributed by atoms with Crippen molar-refractivity contribution >= 4 is 17.9 Å². The summed E-state index contributed by atoms with van der Waals surface area (Å²) < 4.78 is 4.44. The summed E-state index contributed by atoms with van der Waals surface area (Å²) in [5, 5.41) is 12.4. The van der Waals surface area contributed by atoms with Crippen LogP contribution in [0.3, 0.4) is 0 Å². The number of carbonyl (C=O) groups is 3. The Kier molecular flexibility index (Phi) is 6.04. The number of rotatable bonds is 5. The number of urea groups is 1. The van der Waals surface area contributed by atoms with E-state index in [2.05, 4.69) is 10.1 Å². The van der Waals surface area contributed by atoms with E-state index in [1.165, 1.54) is 0 Å². The lowest BCUT2D eigenvalue weighted by atomic mass is 10.6. The molecule has 7 heteroatoms. The molecule has 14 heavy (non-hydrogen) atoms. The monoisotopic (exact) mass is 204 g/mol. The molecule has 0 unspecified atom stereocenters. The van der Waals surface area contributed by atoms with E-state index in [0.29, 0.717) is 6.54 Å². The van der Waals surface area contributed by atoms with Gasteiger partial charge in [0.15, 0.2) is 0 Å². The zero-order valence-electron chi connectivity index (χ0n) is 7.70. The predicted molar refractivity (Wildman–Crippen MR) is 45.7 cm³/mol. The molecule has 0 aliphatic carbocycles. The number of amides is 3. The van der Waals surface area contributed by atoms with E-state index < -0.39 is 31.1 Å². The molecular weight excluding hydrogens is 192 g/mol. The average Bonchev–Trinajstić information content (AvgIpc) is 2.03. The first-order valence-corrected chi connectivity index (χ1v) is 3.93. The minimum atomic E-state index is -1.17. The number of carbonyl (C=O) groups excluding carboxylic acids is 2. The number of carboxylic acid groups (broad SMARTS) is 1. The summed E-state index contributed by atoms with van der Waals surface area (Å²) in [6.45, 7) is 1.08. The second kappa shape index (κ2) is 6.84. The molecule has 0 rings (SSSR count). The van der Waals surface area contributed by atoms with Gasteiger partial charge >= 0.3 is 12.0 Å². The Morgan fingerprint density at radius 3 is 2.43 bits per heavy atom. The highest BCUT2D eigenvalue weighted by atomic mass is 16.5. The van der Waals surface area contributed by atoms with Crippen molar-refractivity contribution in [2.75, 3.05) is 19.8 Å². The number of aliphatic carboxylic acids is 1. The minimum absolute atomic E-state index is 0.398. The van der Waals surface area contributed by atoms with E-state index in [9.17, 15) is 14.4 Å². The lowest BCUT2D eigenvalue weighted by Crippen LogP contribution is -2.41. The standard InChI is InChI=1S/C7H12N2O5/c1-2-8-7(13)9-5(10)3-14-4-6(11)12/h2-4H2,1H3,(H,11,12)(H2,8,9,10,13). The summed E-state index contributed by atoms with van der Waals surface area (Å²) in [6.07, 6.45) is 0. The van der Waals surface area contributed by atoms with Crippen LogP contribution in [0.25, 0.3) is 0 Å². The Balaban J connectivity index is 3.55. The van der Waals surface area contributed by atoms with Gasteiger partial charge in [-0.15, -0.1) is 0 Å². The molecule has 7 nitrogen and oxygen atoms in total. The highest BCUT2D eigenvalue weighted by Crippen LogP contribution is 1.76. The third-order valence-corrected chi connectivity index (χ3v) is 1.05. The molecule has 0 aromatic rings. The van der Waals surface area contributed by atoms with Crippen LogP contribution in [0.1, 0.15) is 6.92 Å². The Morgan fingerprint density at radius 2 is 1.93 bits per heavy atom.